The van der Waals surface area contributed by atoms with Gasteiger partial charge in [-0.05, 0) is 37.9 Å². The zero-order valence-electron chi connectivity index (χ0n) is 12.6. The molecule has 5 nitrogen and oxygen atoms in total. The summed E-state index contributed by atoms with van der Waals surface area (Å²) in [6.45, 7) is 3.05. The van der Waals surface area contributed by atoms with Gasteiger partial charge in [-0.2, -0.15) is 0 Å². The third-order valence-corrected chi connectivity index (χ3v) is 4.29. The molecule has 120 valence electrons. The fraction of sp³-hybridized carbons (Fsp3) is 0.500. The molecule has 3 rings (SSSR count). The van der Waals surface area contributed by atoms with Crippen molar-refractivity contribution in [2.24, 2.45) is 0 Å². The van der Waals surface area contributed by atoms with Crippen LogP contribution in [0.15, 0.2) is 24.3 Å². The van der Waals surface area contributed by atoms with Crippen molar-refractivity contribution in [1.82, 2.24) is 10.6 Å². The van der Waals surface area contributed by atoms with Crippen molar-refractivity contribution in [3.8, 4) is 0 Å². The van der Waals surface area contributed by atoms with E-state index in [-0.39, 0.29) is 42.6 Å². The number of para-hydroxylation sites is 1. The molecule has 0 bridgehead atoms. The third-order valence-electron chi connectivity index (χ3n) is 4.29. The molecule has 1 fully saturated rings. The molecule has 2 aliphatic rings. The smallest absolute Gasteiger partial charge is 0.228 e. The molecule has 22 heavy (non-hydrogen) atoms. The number of piperidine rings is 1. The van der Waals surface area contributed by atoms with E-state index in [0.717, 1.165) is 30.6 Å². The van der Waals surface area contributed by atoms with Gasteiger partial charge in [0, 0.05) is 24.2 Å². The van der Waals surface area contributed by atoms with Crippen LogP contribution in [0.4, 0.5) is 5.69 Å². The summed E-state index contributed by atoms with van der Waals surface area (Å²) >= 11 is 0. The van der Waals surface area contributed by atoms with Crippen LogP contribution < -0.4 is 16.0 Å². The van der Waals surface area contributed by atoms with Gasteiger partial charge in [-0.15, -0.1) is 12.4 Å². The highest BCUT2D eigenvalue weighted by molar-refractivity contribution is 6.01. The Morgan fingerprint density at radius 3 is 2.86 bits per heavy atom. The van der Waals surface area contributed by atoms with Crippen LogP contribution in [-0.2, 0) is 9.59 Å². The summed E-state index contributed by atoms with van der Waals surface area (Å²) in [5, 5.41) is 9.32. The molecular weight excluding hydrogens is 302 g/mol. The quantitative estimate of drug-likeness (QED) is 0.777. The van der Waals surface area contributed by atoms with Gasteiger partial charge < -0.3 is 16.0 Å². The average Bonchev–Trinajstić information content (AvgIpc) is 2.46. The highest BCUT2D eigenvalue weighted by Crippen LogP contribution is 2.32. The first kappa shape index (κ1) is 16.8. The Hall–Kier alpha value is -1.59. The Morgan fingerprint density at radius 1 is 1.32 bits per heavy atom. The van der Waals surface area contributed by atoms with E-state index in [4.69, 9.17) is 0 Å². The number of halogens is 1. The number of anilines is 1. The third kappa shape index (κ3) is 3.59. The minimum Gasteiger partial charge on any atom is -0.353 e. The number of hydrogen-bond donors (Lipinski definition) is 3. The molecule has 3 atom stereocenters. The predicted molar refractivity (Wildman–Crippen MR) is 88.3 cm³/mol. The summed E-state index contributed by atoms with van der Waals surface area (Å²) < 4.78 is 0. The van der Waals surface area contributed by atoms with E-state index in [1.165, 1.54) is 0 Å². The van der Waals surface area contributed by atoms with Crippen molar-refractivity contribution in [2.75, 3.05) is 11.9 Å². The average molecular weight is 324 g/mol. The van der Waals surface area contributed by atoms with Gasteiger partial charge in [-0.25, -0.2) is 0 Å². The molecule has 6 heteroatoms. The molecule has 2 heterocycles. The Morgan fingerprint density at radius 2 is 2.09 bits per heavy atom. The molecule has 2 aliphatic heterocycles. The van der Waals surface area contributed by atoms with Crippen molar-refractivity contribution in [2.45, 2.75) is 44.2 Å². The van der Waals surface area contributed by atoms with E-state index in [1.54, 1.807) is 0 Å². The number of benzene rings is 1. The lowest BCUT2D eigenvalue weighted by atomic mass is 9.89. The van der Waals surface area contributed by atoms with Gasteiger partial charge in [0.15, 0.2) is 0 Å². The molecule has 0 aliphatic carbocycles. The van der Waals surface area contributed by atoms with E-state index < -0.39 is 0 Å². The van der Waals surface area contributed by atoms with E-state index in [9.17, 15) is 9.59 Å². The highest BCUT2D eigenvalue weighted by atomic mass is 35.5. The minimum absolute atomic E-state index is 0. The Bertz CT molecular complexity index is 564. The number of rotatable bonds is 2. The first-order chi connectivity index (χ1) is 10.1. The van der Waals surface area contributed by atoms with Crippen molar-refractivity contribution in [3.63, 3.8) is 0 Å². The molecule has 2 amide bonds. The molecule has 3 N–H and O–H groups in total. The summed E-state index contributed by atoms with van der Waals surface area (Å²) in [5.41, 5.74) is 1.67. The summed E-state index contributed by atoms with van der Waals surface area (Å²) in [7, 11) is 0. The minimum atomic E-state index is -0.375. The number of amides is 2. The summed E-state index contributed by atoms with van der Waals surface area (Å²) in [6.07, 6.45) is 2.10. The Kier molecular flexibility index (Phi) is 5.42. The van der Waals surface area contributed by atoms with Crippen LogP contribution in [0.2, 0.25) is 0 Å². The second-order valence-corrected chi connectivity index (χ2v) is 5.98. The molecule has 0 spiro atoms. The number of hydrogen-bond acceptors (Lipinski definition) is 3. The zero-order valence-corrected chi connectivity index (χ0v) is 13.4. The van der Waals surface area contributed by atoms with Crippen LogP contribution >= 0.6 is 12.4 Å². The van der Waals surface area contributed by atoms with Crippen molar-refractivity contribution < 1.29 is 9.59 Å². The zero-order chi connectivity index (χ0) is 14.8. The number of fused-ring (bicyclic) bond motifs is 1. The SMILES string of the molecule is CC1CC(NC(=O)C2CC(=O)Nc3ccccc32)CCN1.Cl. The van der Waals surface area contributed by atoms with E-state index in [2.05, 4.69) is 22.9 Å². The van der Waals surface area contributed by atoms with Gasteiger partial charge in [0.1, 0.15) is 0 Å². The van der Waals surface area contributed by atoms with Gasteiger partial charge in [-0.3, -0.25) is 9.59 Å². The maximum Gasteiger partial charge on any atom is 0.228 e. The fourth-order valence-corrected chi connectivity index (χ4v) is 3.21. The van der Waals surface area contributed by atoms with Gasteiger partial charge >= 0.3 is 0 Å². The molecular formula is C16H22ClN3O2. The van der Waals surface area contributed by atoms with Crippen LogP contribution in [0.3, 0.4) is 0 Å². The monoisotopic (exact) mass is 323 g/mol. The normalized spacial score (nSPS) is 27.1. The van der Waals surface area contributed by atoms with Crippen molar-refractivity contribution in [3.05, 3.63) is 29.8 Å². The first-order valence-corrected chi connectivity index (χ1v) is 7.56. The molecule has 3 unspecified atom stereocenters. The summed E-state index contributed by atoms with van der Waals surface area (Å²) in [4.78, 5) is 24.4. The Labute approximate surface area is 136 Å². The van der Waals surface area contributed by atoms with Crippen LogP contribution in [0.5, 0.6) is 0 Å². The molecule has 0 radical (unpaired) electrons. The second kappa shape index (κ2) is 7.11. The lowest BCUT2D eigenvalue weighted by molar-refractivity contribution is -0.127. The predicted octanol–water partition coefficient (Wildman–Crippen LogP) is 1.79. The summed E-state index contributed by atoms with van der Waals surface area (Å²) in [6, 6.07) is 8.16. The maximum absolute atomic E-state index is 12.6. The van der Waals surface area contributed by atoms with Crippen LogP contribution in [0.25, 0.3) is 0 Å². The standard InChI is InChI=1S/C16H21N3O2.ClH/c1-10-8-11(6-7-17-10)18-16(21)13-9-15(20)19-14-5-3-2-4-12(13)14;/h2-5,10-11,13,17H,6-9H2,1H3,(H,18,21)(H,19,20);1H. The van der Waals surface area contributed by atoms with Gasteiger partial charge in [0.25, 0.3) is 0 Å². The van der Waals surface area contributed by atoms with Gasteiger partial charge in [0.2, 0.25) is 11.8 Å². The largest absolute Gasteiger partial charge is 0.353 e. The highest BCUT2D eigenvalue weighted by Gasteiger charge is 2.32. The molecule has 1 aromatic rings. The Balaban J connectivity index is 0.00000176. The molecule has 0 aromatic heterocycles. The van der Waals surface area contributed by atoms with E-state index >= 15 is 0 Å². The number of carbonyl (C=O) groups is 2. The van der Waals surface area contributed by atoms with E-state index in [1.807, 2.05) is 24.3 Å². The topological polar surface area (TPSA) is 70.2 Å². The second-order valence-electron chi connectivity index (χ2n) is 5.98. The first-order valence-electron chi connectivity index (χ1n) is 7.56. The van der Waals surface area contributed by atoms with Gasteiger partial charge in [-0.1, -0.05) is 18.2 Å². The molecule has 1 saturated heterocycles. The lowest BCUT2D eigenvalue weighted by Gasteiger charge is -2.31. The van der Waals surface area contributed by atoms with Gasteiger partial charge in [0.05, 0.1) is 5.92 Å². The lowest BCUT2D eigenvalue weighted by Crippen LogP contribution is -2.48. The van der Waals surface area contributed by atoms with Crippen LogP contribution in [0, 0.1) is 0 Å². The number of carbonyl (C=O) groups excluding carboxylic acids is 2. The van der Waals surface area contributed by atoms with Crippen molar-refractivity contribution in [1.29, 1.82) is 0 Å². The number of nitrogens with one attached hydrogen (secondary N) is 3. The molecule has 0 saturated carbocycles. The summed E-state index contributed by atoms with van der Waals surface area (Å²) in [5.74, 6) is -0.496. The van der Waals surface area contributed by atoms with Crippen LogP contribution in [-0.4, -0.2) is 30.4 Å². The van der Waals surface area contributed by atoms with Crippen molar-refractivity contribution >= 4 is 29.9 Å². The van der Waals surface area contributed by atoms with E-state index in [0.29, 0.717) is 6.04 Å². The molecule has 1 aromatic carbocycles. The maximum atomic E-state index is 12.6. The fourth-order valence-electron chi connectivity index (χ4n) is 3.21. The van der Waals surface area contributed by atoms with Crippen LogP contribution in [0.1, 0.15) is 37.7 Å².